The first-order valence-corrected chi connectivity index (χ1v) is 6.33. The Labute approximate surface area is 120 Å². The molecule has 0 saturated heterocycles. The zero-order valence-electron chi connectivity index (χ0n) is 11.3. The van der Waals surface area contributed by atoms with Crippen molar-refractivity contribution in [2.45, 2.75) is 13.1 Å². The molecular formula is C17H13F3O. The fraction of sp³-hybridized carbons (Fsp3) is 0.118. The Bertz CT molecular complexity index is 653. The topological polar surface area (TPSA) is 17.1 Å². The molecule has 21 heavy (non-hydrogen) atoms. The third-order valence-corrected chi connectivity index (χ3v) is 3.07. The van der Waals surface area contributed by atoms with Crippen LogP contribution in [0.2, 0.25) is 0 Å². The number of ketones is 1. The van der Waals surface area contributed by atoms with Crippen molar-refractivity contribution in [2.75, 3.05) is 0 Å². The molecule has 0 aliphatic rings. The largest absolute Gasteiger partial charge is 0.416 e. The minimum Gasteiger partial charge on any atom is -0.289 e. The quantitative estimate of drug-likeness (QED) is 0.575. The molecule has 2 aromatic rings. The van der Waals surface area contributed by atoms with Crippen molar-refractivity contribution in [1.29, 1.82) is 0 Å². The van der Waals surface area contributed by atoms with E-state index in [1.165, 1.54) is 18.2 Å². The highest BCUT2D eigenvalue weighted by Crippen LogP contribution is 2.29. The maximum Gasteiger partial charge on any atom is 0.416 e. The summed E-state index contributed by atoms with van der Waals surface area (Å²) in [5.41, 5.74) is 1.14. The first-order valence-electron chi connectivity index (χ1n) is 6.33. The van der Waals surface area contributed by atoms with Gasteiger partial charge in [-0.3, -0.25) is 4.79 Å². The molecule has 0 aromatic heterocycles. The van der Waals surface area contributed by atoms with Gasteiger partial charge in [-0.1, -0.05) is 42.5 Å². The van der Waals surface area contributed by atoms with Crippen LogP contribution < -0.4 is 0 Å². The maximum atomic E-state index is 12.5. The van der Waals surface area contributed by atoms with Crippen LogP contribution in [0.3, 0.4) is 0 Å². The van der Waals surface area contributed by atoms with E-state index < -0.39 is 11.7 Å². The zero-order chi connectivity index (χ0) is 15.5. The molecule has 0 heterocycles. The fourth-order valence-electron chi connectivity index (χ4n) is 1.89. The van der Waals surface area contributed by atoms with Crippen LogP contribution in [0, 0.1) is 0 Å². The fourth-order valence-corrected chi connectivity index (χ4v) is 1.89. The summed E-state index contributed by atoms with van der Waals surface area (Å²) in [6.07, 6.45) is -2.96. The molecule has 0 saturated carbocycles. The molecule has 0 radical (unpaired) electrons. The van der Waals surface area contributed by atoms with Crippen molar-refractivity contribution in [2.24, 2.45) is 0 Å². The minimum absolute atomic E-state index is 0.235. The number of alkyl halides is 3. The Morgan fingerprint density at radius 2 is 1.48 bits per heavy atom. The van der Waals surface area contributed by atoms with Gasteiger partial charge in [-0.05, 0) is 36.3 Å². The van der Waals surface area contributed by atoms with Crippen molar-refractivity contribution < 1.29 is 18.0 Å². The predicted molar refractivity (Wildman–Crippen MR) is 75.9 cm³/mol. The summed E-state index contributed by atoms with van der Waals surface area (Å²) in [5.74, 6) is -0.315. The van der Waals surface area contributed by atoms with Crippen molar-refractivity contribution in [3.05, 3.63) is 77.4 Å². The van der Waals surface area contributed by atoms with Crippen LogP contribution in [-0.4, -0.2) is 5.78 Å². The third-order valence-electron chi connectivity index (χ3n) is 3.07. The molecule has 1 nitrogen and oxygen atoms in total. The first-order chi connectivity index (χ1) is 9.88. The van der Waals surface area contributed by atoms with Crippen LogP contribution in [0.5, 0.6) is 0 Å². The smallest absolute Gasteiger partial charge is 0.289 e. The molecule has 2 aromatic carbocycles. The van der Waals surface area contributed by atoms with Crippen molar-refractivity contribution in [3.63, 3.8) is 0 Å². The Morgan fingerprint density at radius 1 is 0.905 bits per heavy atom. The monoisotopic (exact) mass is 290 g/mol. The third kappa shape index (κ3) is 3.81. The van der Waals surface area contributed by atoms with E-state index in [9.17, 15) is 18.0 Å². The average Bonchev–Trinajstić information content (AvgIpc) is 2.47. The van der Waals surface area contributed by atoms with Crippen LogP contribution in [0.4, 0.5) is 13.2 Å². The van der Waals surface area contributed by atoms with Gasteiger partial charge >= 0.3 is 6.18 Å². The van der Waals surface area contributed by atoms with E-state index in [2.05, 4.69) is 0 Å². The molecule has 0 unspecified atom stereocenters. The molecule has 0 N–H and O–H groups in total. The number of benzene rings is 2. The summed E-state index contributed by atoms with van der Waals surface area (Å²) >= 11 is 0. The molecule has 108 valence electrons. The lowest BCUT2D eigenvalue weighted by atomic mass is 10.0. The van der Waals surface area contributed by atoms with Gasteiger partial charge in [0.25, 0.3) is 0 Å². The van der Waals surface area contributed by atoms with Gasteiger partial charge in [-0.15, -0.1) is 0 Å². The number of carbonyl (C=O) groups excluding carboxylic acids is 1. The van der Waals surface area contributed by atoms with Gasteiger partial charge in [-0.2, -0.15) is 13.2 Å². The number of carbonyl (C=O) groups is 1. The lowest BCUT2D eigenvalue weighted by Gasteiger charge is -2.06. The van der Waals surface area contributed by atoms with E-state index in [0.717, 1.165) is 23.3 Å². The van der Waals surface area contributed by atoms with Crippen LogP contribution >= 0.6 is 0 Å². The van der Waals surface area contributed by atoms with Crippen molar-refractivity contribution in [3.8, 4) is 0 Å². The van der Waals surface area contributed by atoms with Crippen LogP contribution in [0.25, 0.3) is 5.57 Å². The second-order valence-electron chi connectivity index (χ2n) is 4.63. The van der Waals surface area contributed by atoms with Gasteiger partial charge < -0.3 is 0 Å². The van der Waals surface area contributed by atoms with E-state index in [0.29, 0.717) is 0 Å². The second kappa shape index (κ2) is 5.95. The highest BCUT2D eigenvalue weighted by molar-refractivity contribution is 6.08. The molecule has 0 spiro atoms. The van der Waals surface area contributed by atoms with Gasteiger partial charge in [0.1, 0.15) is 0 Å². The lowest BCUT2D eigenvalue weighted by Crippen LogP contribution is -2.05. The Hall–Kier alpha value is -2.36. The Kier molecular flexibility index (Phi) is 4.26. The lowest BCUT2D eigenvalue weighted by molar-refractivity contribution is -0.137. The standard InChI is InChI=1S/C17H13F3O/c1-12(13-5-3-2-4-6-13)11-16(21)14-7-9-15(10-8-14)17(18,19)20/h2-11H,1H3/b12-11+. The molecular weight excluding hydrogens is 277 g/mol. The molecule has 4 heteroatoms. The molecule has 0 aliphatic heterocycles. The van der Waals surface area contributed by atoms with Crippen LogP contribution in [0.15, 0.2) is 60.7 Å². The minimum atomic E-state index is -4.39. The zero-order valence-corrected chi connectivity index (χ0v) is 11.3. The molecule has 0 fully saturated rings. The predicted octanol–water partition coefficient (Wildman–Crippen LogP) is 4.99. The molecule has 0 aliphatic carbocycles. The van der Waals surface area contributed by atoms with Crippen molar-refractivity contribution >= 4 is 11.4 Å². The van der Waals surface area contributed by atoms with E-state index in [-0.39, 0.29) is 11.3 Å². The Balaban J connectivity index is 2.21. The molecule has 2 rings (SSSR count). The van der Waals surface area contributed by atoms with E-state index >= 15 is 0 Å². The summed E-state index contributed by atoms with van der Waals surface area (Å²) in [7, 11) is 0. The number of allylic oxidation sites excluding steroid dienone is 2. The summed E-state index contributed by atoms with van der Waals surface area (Å²) in [5, 5.41) is 0. The number of hydrogen-bond donors (Lipinski definition) is 0. The Morgan fingerprint density at radius 3 is 2.00 bits per heavy atom. The number of rotatable bonds is 3. The second-order valence-corrected chi connectivity index (χ2v) is 4.63. The number of hydrogen-bond acceptors (Lipinski definition) is 1. The normalized spacial score (nSPS) is 12.3. The highest BCUT2D eigenvalue weighted by Gasteiger charge is 2.30. The number of halogens is 3. The summed E-state index contributed by atoms with van der Waals surface area (Å²) < 4.78 is 37.4. The molecule has 0 amide bonds. The van der Waals surface area contributed by atoms with Crippen LogP contribution in [0.1, 0.15) is 28.4 Å². The van der Waals surface area contributed by atoms with Gasteiger partial charge in [-0.25, -0.2) is 0 Å². The SMILES string of the molecule is C/C(=C\C(=O)c1ccc(C(F)(F)F)cc1)c1ccccc1. The summed E-state index contributed by atoms with van der Waals surface area (Å²) in [6.45, 7) is 1.79. The summed E-state index contributed by atoms with van der Waals surface area (Å²) in [6, 6.07) is 13.5. The van der Waals surface area contributed by atoms with Crippen LogP contribution in [-0.2, 0) is 6.18 Å². The van der Waals surface area contributed by atoms with Gasteiger partial charge in [0.05, 0.1) is 5.56 Å². The van der Waals surface area contributed by atoms with Crippen molar-refractivity contribution in [1.82, 2.24) is 0 Å². The first kappa shape index (κ1) is 15.0. The highest BCUT2D eigenvalue weighted by atomic mass is 19.4. The van der Waals surface area contributed by atoms with E-state index in [1.807, 2.05) is 30.3 Å². The average molecular weight is 290 g/mol. The maximum absolute atomic E-state index is 12.5. The van der Waals surface area contributed by atoms with E-state index in [4.69, 9.17) is 0 Å². The summed E-state index contributed by atoms with van der Waals surface area (Å²) in [4.78, 5) is 12.0. The van der Waals surface area contributed by atoms with Gasteiger partial charge in [0, 0.05) is 5.56 Å². The van der Waals surface area contributed by atoms with E-state index in [1.54, 1.807) is 6.92 Å². The molecule has 0 bridgehead atoms. The van der Waals surface area contributed by atoms with Gasteiger partial charge in [0.2, 0.25) is 0 Å². The molecule has 0 atom stereocenters. The van der Waals surface area contributed by atoms with Gasteiger partial charge in [0.15, 0.2) is 5.78 Å².